The fraction of sp³-hybridized carbons (Fsp3) is 0.900. The van der Waals surface area contributed by atoms with Gasteiger partial charge in [-0.15, -0.1) is 0 Å². The van der Waals surface area contributed by atoms with E-state index in [4.69, 9.17) is 0 Å². The summed E-state index contributed by atoms with van der Waals surface area (Å²) in [6.07, 6.45) is 4.94. The number of rotatable bonds is 2. The molecule has 0 aromatic carbocycles. The molecule has 74 valence electrons. The van der Waals surface area contributed by atoms with E-state index in [-0.39, 0.29) is 0 Å². The molecule has 2 unspecified atom stereocenters. The lowest BCUT2D eigenvalue weighted by molar-refractivity contribution is -0.108. The smallest absolute Gasteiger partial charge is 0.133 e. The molecule has 0 aromatic heterocycles. The summed E-state index contributed by atoms with van der Waals surface area (Å²) in [6, 6.07) is 1.48. The van der Waals surface area contributed by atoms with Crippen LogP contribution in [0.15, 0.2) is 0 Å². The molecule has 0 aromatic rings. The molecule has 13 heavy (non-hydrogen) atoms. The summed E-state index contributed by atoms with van der Waals surface area (Å²) in [6.45, 7) is 2.81. The van der Waals surface area contributed by atoms with E-state index < -0.39 is 0 Å². The van der Waals surface area contributed by atoms with Gasteiger partial charge in [-0.05, 0) is 26.3 Å². The number of nitrogens with zero attached hydrogens (tertiary/aromatic N) is 2. The Morgan fingerprint density at radius 3 is 2.85 bits per heavy atom. The third-order valence-electron chi connectivity index (χ3n) is 3.57. The van der Waals surface area contributed by atoms with Gasteiger partial charge in [0.25, 0.3) is 0 Å². The molecule has 2 bridgehead atoms. The minimum absolute atomic E-state index is 0.622. The highest BCUT2D eigenvalue weighted by Gasteiger charge is 2.34. The Balaban J connectivity index is 1.98. The first kappa shape index (κ1) is 9.16. The van der Waals surface area contributed by atoms with Crippen LogP contribution in [0.1, 0.15) is 19.3 Å². The van der Waals surface area contributed by atoms with E-state index in [1.54, 1.807) is 0 Å². The lowest BCUT2D eigenvalue weighted by Gasteiger charge is -2.23. The SMILES string of the molecule is CN1C2CCC1CN(CC=O)CC2. The molecule has 3 nitrogen and oxygen atoms in total. The Hall–Kier alpha value is -0.410. The van der Waals surface area contributed by atoms with Gasteiger partial charge in [-0.3, -0.25) is 9.80 Å². The Morgan fingerprint density at radius 1 is 1.31 bits per heavy atom. The average molecular weight is 182 g/mol. The van der Waals surface area contributed by atoms with Crippen molar-refractivity contribution in [3.63, 3.8) is 0 Å². The minimum atomic E-state index is 0.622. The van der Waals surface area contributed by atoms with E-state index in [1.165, 1.54) is 19.3 Å². The van der Waals surface area contributed by atoms with Crippen molar-refractivity contribution in [1.82, 2.24) is 9.80 Å². The number of likely N-dealkylation sites (N-methyl/N-ethyl adjacent to an activating group) is 1. The second-order valence-corrected chi connectivity index (χ2v) is 4.27. The fourth-order valence-electron chi connectivity index (χ4n) is 2.65. The highest BCUT2D eigenvalue weighted by Crippen LogP contribution is 2.27. The molecule has 2 atom stereocenters. The summed E-state index contributed by atoms with van der Waals surface area (Å²) >= 11 is 0. The van der Waals surface area contributed by atoms with Crippen molar-refractivity contribution in [3.8, 4) is 0 Å². The number of carbonyl (C=O) groups excluding carboxylic acids is 1. The van der Waals surface area contributed by atoms with Crippen LogP contribution in [-0.4, -0.2) is 54.9 Å². The third-order valence-corrected chi connectivity index (χ3v) is 3.57. The van der Waals surface area contributed by atoms with Crippen LogP contribution in [0.5, 0.6) is 0 Å². The second-order valence-electron chi connectivity index (χ2n) is 4.27. The predicted octanol–water partition coefficient (Wildman–Crippen LogP) is 0.354. The lowest BCUT2D eigenvalue weighted by atomic mass is 10.1. The zero-order valence-electron chi connectivity index (χ0n) is 8.28. The second kappa shape index (κ2) is 3.76. The highest BCUT2D eigenvalue weighted by atomic mass is 16.1. The van der Waals surface area contributed by atoms with Gasteiger partial charge in [-0.25, -0.2) is 0 Å². The largest absolute Gasteiger partial charge is 0.302 e. The zero-order valence-corrected chi connectivity index (χ0v) is 8.28. The van der Waals surface area contributed by atoms with Crippen LogP contribution in [-0.2, 0) is 4.79 Å². The number of hydrogen-bond donors (Lipinski definition) is 0. The minimum Gasteiger partial charge on any atom is -0.302 e. The summed E-state index contributed by atoms with van der Waals surface area (Å²) in [4.78, 5) is 15.2. The van der Waals surface area contributed by atoms with E-state index in [0.29, 0.717) is 12.6 Å². The van der Waals surface area contributed by atoms with Gasteiger partial charge in [0.15, 0.2) is 0 Å². The molecule has 3 heteroatoms. The first-order chi connectivity index (χ1) is 6.31. The number of likely N-dealkylation sites (tertiary alicyclic amines) is 1. The van der Waals surface area contributed by atoms with E-state index in [1.807, 2.05) is 0 Å². The van der Waals surface area contributed by atoms with Crippen molar-refractivity contribution < 1.29 is 4.79 Å². The van der Waals surface area contributed by atoms with Crippen molar-refractivity contribution in [2.45, 2.75) is 31.3 Å². The predicted molar refractivity (Wildman–Crippen MR) is 51.7 cm³/mol. The number of fused-ring (bicyclic) bond motifs is 2. The van der Waals surface area contributed by atoms with E-state index in [0.717, 1.165) is 25.4 Å². The van der Waals surface area contributed by atoms with Crippen LogP contribution in [0.2, 0.25) is 0 Å². The summed E-state index contributed by atoms with van der Waals surface area (Å²) in [5.74, 6) is 0. The van der Waals surface area contributed by atoms with Crippen LogP contribution in [0.4, 0.5) is 0 Å². The molecule has 0 aliphatic carbocycles. The molecule has 2 aliphatic rings. The Labute approximate surface area is 79.7 Å². The van der Waals surface area contributed by atoms with Crippen molar-refractivity contribution in [2.24, 2.45) is 0 Å². The molecule has 0 radical (unpaired) electrons. The maximum absolute atomic E-state index is 10.4. The quantitative estimate of drug-likeness (QED) is 0.576. The summed E-state index contributed by atoms with van der Waals surface area (Å²) in [5, 5.41) is 0. The summed E-state index contributed by atoms with van der Waals surface area (Å²) < 4.78 is 0. The molecule has 2 fully saturated rings. The van der Waals surface area contributed by atoms with Gasteiger partial charge in [0.2, 0.25) is 0 Å². The maximum atomic E-state index is 10.4. The topological polar surface area (TPSA) is 23.6 Å². The van der Waals surface area contributed by atoms with Gasteiger partial charge in [-0.2, -0.15) is 0 Å². The first-order valence-electron chi connectivity index (χ1n) is 5.19. The molecule has 2 saturated heterocycles. The van der Waals surface area contributed by atoms with Crippen LogP contribution in [0.3, 0.4) is 0 Å². The molecule has 2 heterocycles. The normalized spacial score (nSPS) is 36.1. The Morgan fingerprint density at radius 2 is 2.08 bits per heavy atom. The van der Waals surface area contributed by atoms with Gasteiger partial charge in [0, 0.05) is 25.2 Å². The van der Waals surface area contributed by atoms with Crippen LogP contribution in [0, 0.1) is 0 Å². The number of hydrogen-bond acceptors (Lipinski definition) is 3. The van der Waals surface area contributed by atoms with E-state index in [9.17, 15) is 4.79 Å². The summed E-state index contributed by atoms with van der Waals surface area (Å²) in [5.41, 5.74) is 0. The number of carbonyl (C=O) groups is 1. The molecule has 2 aliphatic heterocycles. The van der Waals surface area contributed by atoms with Crippen molar-refractivity contribution in [2.75, 3.05) is 26.7 Å². The van der Waals surface area contributed by atoms with Crippen LogP contribution in [0.25, 0.3) is 0 Å². The molecule has 0 amide bonds. The molecule has 0 N–H and O–H groups in total. The van der Waals surface area contributed by atoms with Gasteiger partial charge in [-0.1, -0.05) is 0 Å². The van der Waals surface area contributed by atoms with Gasteiger partial charge >= 0.3 is 0 Å². The number of aldehydes is 1. The van der Waals surface area contributed by atoms with Crippen LogP contribution < -0.4 is 0 Å². The van der Waals surface area contributed by atoms with Crippen molar-refractivity contribution in [3.05, 3.63) is 0 Å². The molecular formula is C10H18N2O. The maximum Gasteiger partial charge on any atom is 0.133 e. The highest BCUT2D eigenvalue weighted by molar-refractivity contribution is 5.51. The Kier molecular flexibility index (Phi) is 2.65. The first-order valence-corrected chi connectivity index (χ1v) is 5.19. The third kappa shape index (κ3) is 1.76. The zero-order chi connectivity index (χ0) is 9.26. The van der Waals surface area contributed by atoms with Crippen molar-refractivity contribution in [1.29, 1.82) is 0 Å². The van der Waals surface area contributed by atoms with Crippen LogP contribution >= 0.6 is 0 Å². The average Bonchev–Trinajstić information content (AvgIpc) is 2.33. The Bertz CT molecular complexity index is 195. The van der Waals surface area contributed by atoms with Gasteiger partial charge in [0.05, 0.1) is 6.54 Å². The molecule has 2 rings (SSSR count). The molecule has 0 saturated carbocycles. The standard InChI is InChI=1S/C10H18N2O/c1-11-9-2-3-10(11)8-12(5-4-9)6-7-13/h7,9-10H,2-6,8H2,1H3. The molecule has 0 spiro atoms. The van der Waals surface area contributed by atoms with Gasteiger partial charge < -0.3 is 4.79 Å². The fourth-order valence-corrected chi connectivity index (χ4v) is 2.65. The van der Waals surface area contributed by atoms with E-state index in [2.05, 4.69) is 16.8 Å². The lowest BCUT2D eigenvalue weighted by Crippen LogP contribution is -2.37. The van der Waals surface area contributed by atoms with E-state index >= 15 is 0 Å². The summed E-state index contributed by atoms with van der Waals surface area (Å²) in [7, 11) is 2.23. The van der Waals surface area contributed by atoms with Crippen molar-refractivity contribution >= 4 is 6.29 Å². The molecular weight excluding hydrogens is 164 g/mol. The monoisotopic (exact) mass is 182 g/mol. The van der Waals surface area contributed by atoms with Gasteiger partial charge in [0.1, 0.15) is 6.29 Å².